The minimum atomic E-state index is -5.17. The highest BCUT2D eigenvalue weighted by molar-refractivity contribution is 7.79. The minimum Gasteiger partial charge on any atom is -0.759 e. The zero-order chi connectivity index (χ0) is 46.2. The molecule has 336 valence electrons. The fraction of sp³-hybridized carbons (Fsp3) is 0.364. The molecular weight excluding hydrogens is 857 g/mol. The summed E-state index contributed by atoms with van der Waals surface area (Å²) in [5.74, 6) is 1.37. The molecule has 0 bridgehead atoms. The van der Waals surface area contributed by atoms with Crippen LogP contribution in [0, 0.1) is 13.8 Å². The summed E-state index contributed by atoms with van der Waals surface area (Å²) in [5, 5.41) is 18.5. The van der Waals surface area contributed by atoms with Gasteiger partial charge in [-0.3, -0.25) is 8.42 Å². The summed E-state index contributed by atoms with van der Waals surface area (Å²) in [5.41, 5.74) is 8.32. The van der Waals surface area contributed by atoms with Crippen LogP contribution in [-0.2, 0) is 10.4 Å². The Hall–Kier alpha value is -5.41. The molecule has 2 aromatic heterocycles. The molecule has 0 spiro atoms. The number of hydrogen-bond acceptors (Lipinski definition) is 16. The molecular formula is C44H58N12O4S3. The number of anilines is 2. The van der Waals surface area contributed by atoms with Crippen LogP contribution in [0.5, 0.6) is 0 Å². The third-order valence-corrected chi connectivity index (χ3v) is 10.5. The number of nitrogens with zero attached hydrogens (tertiary/aromatic N) is 12. The van der Waals surface area contributed by atoms with Crippen LogP contribution in [0.1, 0.15) is 25.0 Å². The predicted octanol–water partition coefficient (Wildman–Crippen LogP) is 9.58. The van der Waals surface area contributed by atoms with Gasteiger partial charge in [0.2, 0.25) is 10.3 Å². The van der Waals surface area contributed by atoms with Crippen molar-refractivity contribution in [2.45, 2.75) is 27.7 Å². The maximum Gasteiger partial charge on any atom is 0.249 e. The third kappa shape index (κ3) is 18.1. The maximum absolute atomic E-state index is 8.52. The van der Waals surface area contributed by atoms with Crippen molar-refractivity contribution in [3.05, 3.63) is 108 Å². The molecule has 6 aromatic rings. The van der Waals surface area contributed by atoms with E-state index in [1.807, 2.05) is 72.8 Å². The number of aromatic nitrogens is 4. The van der Waals surface area contributed by atoms with Crippen LogP contribution in [0.2, 0.25) is 0 Å². The van der Waals surface area contributed by atoms with E-state index in [1.54, 1.807) is 0 Å². The summed E-state index contributed by atoms with van der Waals surface area (Å²) >= 11 is 2.52. The lowest BCUT2D eigenvalue weighted by Gasteiger charge is -2.29. The molecule has 0 aliphatic carbocycles. The van der Waals surface area contributed by atoms with Crippen LogP contribution in [0.25, 0.3) is 22.8 Å². The summed E-state index contributed by atoms with van der Waals surface area (Å²) in [7, 11) is 8.16. The number of aryl methyl sites for hydroxylation is 2. The molecule has 0 aliphatic heterocycles. The van der Waals surface area contributed by atoms with Gasteiger partial charge in [0.15, 0.2) is 11.6 Å². The van der Waals surface area contributed by atoms with Crippen molar-refractivity contribution in [1.29, 1.82) is 0 Å². The molecule has 2 heterocycles. The molecule has 0 atom stereocenters. The molecule has 6 rings (SSSR count). The van der Waals surface area contributed by atoms with Gasteiger partial charge in [-0.2, -0.15) is 18.7 Å². The molecule has 4 aromatic carbocycles. The van der Waals surface area contributed by atoms with Crippen LogP contribution in [0.4, 0.5) is 33.0 Å². The number of azo groups is 2. The Balaban J connectivity index is 0.000000250. The Bertz CT molecular complexity index is 2330. The van der Waals surface area contributed by atoms with Gasteiger partial charge < -0.3 is 27.9 Å². The minimum absolute atomic E-state index is 0.561. The SMILES string of the molecule is CCN(CC[N+](C)(C)C)c1ccc(N=Nc2nc(-c3ccccc3)ns2)c(C)c1.CCN(CC[N+](C)(C)C)c1ccc(N=Nc2nc(-c3ccccc3)ns2)c(C)c1.O=S(=O)([O-])[O-]. The van der Waals surface area contributed by atoms with Gasteiger partial charge >= 0.3 is 0 Å². The fourth-order valence-electron chi connectivity index (χ4n) is 5.79. The van der Waals surface area contributed by atoms with Gasteiger partial charge in [-0.05, 0) is 75.2 Å². The quantitative estimate of drug-likeness (QED) is 0.0391. The van der Waals surface area contributed by atoms with Gasteiger partial charge in [-0.25, -0.2) is 0 Å². The summed E-state index contributed by atoms with van der Waals surface area (Å²) in [6, 6.07) is 32.5. The molecule has 0 aliphatic rings. The van der Waals surface area contributed by atoms with E-state index in [0.717, 1.165) is 81.9 Å². The van der Waals surface area contributed by atoms with Crippen molar-refractivity contribution in [1.82, 2.24) is 18.7 Å². The molecule has 63 heavy (non-hydrogen) atoms. The molecule has 16 nitrogen and oxygen atoms in total. The fourth-order valence-corrected chi connectivity index (χ4v) is 6.83. The van der Waals surface area contributed by atoms with Gasteiger partial charge in [0.25, 0.3) is 0 Å². The highest BCUT2D eigenvalue weighted by atomic mass is 32.3. The normalized spacial score (nSPS) is 11.9. The lowest BCUT2D eigenvalue weighted by molar-refractivity contribution is -0.868. The second kappa shape index (κ2) is 23.3. The Morgan fingerprint density at radius 2 is 0.921 bits per heavy atom. The maximum atomic E-state index is 8.52. The summed E-state index contributed by atoms with van der Waals surface area (Å²) in [4.78, 5) is 13.7. The van der Waals surface area contributed by atoms with Crippen LogP contribution in [-0.4, -0.2) is 127 Å². The predicted molar refractivity (Wildman–Crippen MR) is 253 cm³/mol. The standard InChI is InChI=1S/2C22H29N6S.H2O4S/c2*1-6-27(14-15-28(3,4)5)19-12-13-20(17(2)16-19)24-25-22-23-21(26-29-22)18-10-8-7-9-11-18;1-5(2,3)4/h2*7-13,16H,6,14-15H2,1-5H3;(H2,1,2,3,4)/q2*+1;/p-2. The Kier molecular flexibility index (Phi) is 18.6. The monoisotopic (exact) mass is 914 g/mol. The van der Waals surface area contributed by atoms with Crippen LogP contribution in [0.3, 0.4) is 0 Å². The van der Waals surface area contributed by atoms with Crippen LogP contribution in [0.15, 0.2) is 118 Å². The molecule has 0 saturated carbocycles. The van der Waals surface area contributed by atoms with E-state index in [2.05, 4.69) is 143 Å². The number of hydrogen-bond donors (Lipinski definition) is 0. The Morgan fingerprint density at radius 1 is 0.571 bits per heavy atom. The average Bonchev–Trinajstić information content (AvgIpc) is 3.91. The van der Waals surface area contributed by atoms with E-state index in [0.29, 0.717) is 21.9 Å². The van der Waals surface area contributed by atoms with Crippen LogP contribution >= 0.6 is 23.1 Å². The van der Waals surface area contributed by atoms with Gasteiger partial charge in [-0.1, -0.05) is 60.7 Å². The van der Waals surface area contributed by atoms with E-state index in [1.165, 1.54) is 34.4 Å². The zero-order valence-corrected chi connectivity index (χ0v) is 40.2. The first-order valence-corrected chi connectivity index (χ1v) is 23.2. The van der Waals surface area contributed by atoms with E-state index in [4.69, 9.17) is 17.5 Å². The largest absolute Gasteiger partial charge is 0.759 e. The van der Waals surface area contributed by atoms with Crippen molar-refractivity contribution in [2.75, 3.05) is 91.4 Å². The van der Waals surface area contributed by atoms with Gasteiger partial charge in [0, 0.05) is 69.1 Å². The first kappa shape index (κ1) is 50.2. The number of quaternary nitrogens is 2. The summed E-state index contributed by atoms with van der Waals surface area (Å²) in [6.07, 6.45) is 0. The van der Waals surface area contributed by atoms with E-state index >= 15 is 0 Å². The van der Waals surface area contributed by atoms with Crippen LogP contribution < -0.4 is 9.80 Å². The van der Waals surface area contributed by atoms with Gasteiger partial charge in [0.05, 0.1) is 79.8 Å². The molecule has 0 unspecified atom stereocenters. The number of likely N-dealkylation sites (N-methyl/N-ethyl adjacent to an activating group) is 4. The summed E-state index contributed by atoms with van der Waals surface area (Å²) < 4.78 is 44.7. The molecule has 0 amide bonds. The second-order valence-corrected chi connectivity index (χ2v) is 18.7. The van der Waals surface area contributed by atoms with Crippen molar-refractivity contribution in [2.24, 2.45) is 20.5 Å². The lowest BCUT2D eigenvalue weighted by atomic mass is 10.1. The lowest BCUT2D eigenvalue weighted by Crippen LogP contribution is -2.42. The van der Waals surface area contributed by atoms with Gasteiger partial charge in [0.1, 0.15) is 0 Å². The van der Waals surface area contributed by atoms with Crippen molar-refractivity contribution < 1.29 is 26.5 Å². The number of benzene rings is 4. The Labute approximate surface area is 380 Å². The number of rotatable bonds is 16. The van der Waals surface area contributed by atoms with E-state index in [-0.39, 0.29) is 0 Å². The van der Waals surface area contributed by atoms with Crippen molar-refractivity contribution in [3.63, 3.8) is 0 Å². The smallest absolute Gasteiger partial charge is 0.249 e. The molecule has 0 fully saturated rings. The molecule has 19 heteroatoms. The topological polar surface area (TPSA) is 188 Å². The van der Waals surface area contributed by atoms with E-state index in [9.17, 15) is 0 Å². The highest BCUT2D eigenvalue weighted by Gasteiger charge is 2.14. The molecule has 0 radical (unpaired) electrons. The average molecular weight is 915 g/mol. The van der Waals surface area contributed by atoms with E-state index < -0.39 is 10.4 Å². The van der Waals surface area contributed by atoms with Gasteiger partial charge in [-0.15, -0.1) is 20.5 Å². The van der Waals surface area contributed by atoms with Crippen molar-refractivity contribution >= 4 is 66.5 Å². The second-order valence-electron chi connectivity index (χ2n) is 16.5. The molecule has 0 N–H and O–H groups in total. The molecule has 0 saturated heterocycles. The summed E-state index contributed by atoms with van der Waals surface area (Å²) in [6.45, 7) is 14.7. The highest BCUT2D eigenvalue weighted by Crippen LogP contribution is 2.30. The zero-order valence-electron chi connectivity index (χ0n) is 37.7. The van der Waals surface area contributed by atoms with Crippen molar-refractivity contribution in [3.8, 4) is 22.8 Å². The third-order valence-electron chi connectivity index (χ3n) is 9.32. The first-order chi connectivity index (χ1) is 29.7. The first-order valence-electron chi connectivity index (χ1n) is 20.3. The Morgan fingerprint density at radius 3 is 1.22 bits per heavy atom.